The largest absolute Gasteiger partial charge is 0.449 e. The molecule has 114 valence electrons. The van der Waals surface area contributed by atoms with Crippen LogP contribution in [0.2, 0.25) is 0 Å². The Hall–Kier alpha value is -1.66. The summed E-state index contributed by atoms with van der Waals surface area (Å²) in [5.74, 6) is 0.582. The third-order valence-electron chi connectivity index (χ3n) is 3.21. The second kappa shape index (κ2) is 5.99. The van der Waals surface area contributed by atoms with Gasteiger partial charge in [-0.3, -0.25) is 0 Å². The van der Waals surface area contributed by atoms with Gasteiger partial charge in [-0.05, 0) is 31.9 Å². The van der Waals surface area contributed by atoms with Gasteiger partial charge in [0.05, 0.1) is 10.6 Å². The fraction of sp³-hybridized carbons (Fsp3) is 0.400. The van der Waals surface area contributed by atoms with Gasteiger partial charge in [0.2, 0.25) is 10.0 Å². The maximum absolute atomic E-state index is 12.4. The Morgan fingerprint density at radius 1 is 1.14 bits per heavy atom. The predicted octanol–water partition coefficient (Wildman–Crippen LogP) is 2.43. The molecule has 0 fully saturated rings. The minimum absolute atomic E-state index is 0.293. The molecule has 0 saturated heterocycles. The van der Waals surface area contributed by atoms with Crippen molar-refractivity contribution in [1.29, 1.82) is 0 Å². The maximum atomic E-state index is 12.4. The summed E-state index contributed by atoms with van der Waals surface area (Å²) in [7, 11) is -3.51. The van der Waals surface area contributed by atoms with Gasteiger partial charge in [0, 0.05) is 19.9 Å². The van der Waals surface area contributed by atoms with Gasteiger partial charge in [0.15, 0.2) is 5.89 Å². The van der Waals surface area contributed by atoms with E-state index < -0.39 is 10.0 Å². The molecule has 1 aromatic heterocycles. The summed E-state index contributed by atoms with van der Waals surface area (Å²) in [6.45, 7) is 7.63. The van der Waals surface area contributed by atoms with E-state index in [1.165, 1.54) is 0 Å². The van der Waals surface area contributed by atoms with Crippen molar-refractivity contribution in [2.75, 3.05) is 6.54 Å². The zero-order valence-corrected chi connectivity index (χ0v) is 13.5. The van der Waals surface area contributed by atoms with E-state index in [9.17, 15) is 8.42 Å². The van der Waals surface area contributed by atoms with Crippen LogP contribution in [0.15, 0.2) is 27.7 Å². The number of rotatable bonds is 5. The van der Waals surface area contributed by atoms with E-state index in [2.05, 4.69) is 9.71 Å². The Bertz CT molecular complexity index is 725. The average Bonchev–Trinajstić information content (AvgIpc) is 2.72. The molecule has 0 amide bonds. The van der Waals surface area contributed by atoms with Crippen LogP contribution in [0, 0.1) is 27.7 Å². The van der Waals surface area contributed by atoms with Crippen LogP contribution in [0.1, 0.15) is 28.3 Å². The van der Waals surface area contributed by atoms with E-state index in [1.54, 1.807) is 13.2 Å². The lowest BCUT2D eigenvalue weighted by Gasteiger charge is -2.12. The molecule has 0 bridgehead atoms. The Morgan fingerprint density at radius 2 is 1.76 bits per heavy atom. The summed E-state index contributed by atoms with van der Waals surface area (Å²) in [6.07, 6.45) is 2.05. The molecule has 0 saturated carbocycles. The molecule has 0 radical (unpaired) electrons. The first kappa shape index (κ1) is 15.7. The van der Waals surface area contributed by atoms with Crippen LogP contribution >= 0.6 is 0 Å². The van der Waals surface area contributed by atoms with Crippen molar-refractivity contribution in [3.8, 4) is 0 Å². The van der Waals surface area contributed by atoms with Gasteiger partial charge in [-0.1, -0.05) is 17.7 Å². The van der Waals surface area contributed by atoms with E-state index in [0.717, 1.165) is 22.4 Å². The van der Waals surface area contributed by atoms with Crippen LogP contribution in [0.3, 0.4) is 0 Å². The first-order valence-electron chi connectivity index (χ1n) is 6.78. The number of nitrogens with one attached hydrogen (secondary N) is 1. The summed E-state index contributed by atoms with van der Waals surface area (Å²) >= 11 is 0. The number of sulfonamides is 1. The van der Waals surface area contributed by atoms with Gasteiger partial charge < -0.3 is 4.42 Å². The Kier molecular flexibility index (Phi) is 4.49. The zero-order chi connectivity index (χ0) is 15.6. The number of aromatic nitrogens is 1. The third-order valence-corrected chi connectivity index (χ3v) is 4.98. The van der Waals surface area contributed by atoms with E-state index in [-0.39, 0.29) is 0 Å². The van der Waals surface area contributed by atoms with E-state index in [0.29, 0.717) is 23.8 Å². The molecule has 6 heteroatoms. The summed E-state index contributed by atoms with van der Waals surface area (Å²) in [6, 6.07) is 3.76. The Balaban J connectivity index is 2.12. The van der Waals surface area contributed by atoms with Gasteiger partial charge in [-0.15, -0.1) is 0 Å². The van der Waals surface area contributed by atoms with Gasteiger partial charge in [-0.25, -0.2) is 18.1 Å². The first-order valence-corrected chi connectivity index (χ1v) is 8.26. The highest BCUT2D eigenvalue weighted by Crippen LogP contribution is 2.21. The monoisotopic (exact) mass is 308 g/mol. The fourth-order valence-electron chi connectivity index (χ4n) is 2.50. The van der Waals surface area contributed by atoms with E-state index >= 15 is 0 Å². The van der Waals surface area contributed by atoms with Crippen molar-refractivity contribution >= 4 is 10.0 Å². The summed E-state index contributed by atoms with van der Waals surface area (Å²) < 4.78 is 32.6. The minimum Gasteiger partial charge on any atom is -0.449 e. The van der Waals surface area contributed by atoms with Gasteiger partial charge in [0.1, 0.15) is 6.26 Å². The fourth-order valence-corrected chi connectivity index (χ4v) is 3.98. The summed E-state index contributed by atoms with van der Waals surface area (Å²) in [5, 5.41) is 0. The number of aryl methyl sites for hydroxylation is 4. The van der Waals surface area contributed by atoms with Crippen LogP contribution in [-0.2, 0) is 16.4 Å². The minimum atomic E-state index is -3.51. The van der Waals surface area contributed by atoms with Crippen LogP contribution in [0.25, 0.3) is 0 Å². The average molecular weight is 308 g/mol. The molecular weight excluding hydrogens is 288 g/mol. The Labute approximate surface area is 125 Å². The first-order chi connectivity index (χ1) is 9.79. The summed E-state index contributed by atoms with van der Waals surface area (Å²) in [4.78, 5) is 4.51. The van der Waals surface area contributed by atoms with Crippen LogP contribution in [0.5, 0.6) is 0 Å². The molecule has 2 aromatic rings. The SMILES string of the molecule is Cc1cc(C)c(S(=O)(=O)NCCc2coc(C)n2)c(C)c1. The molecular formula is C15H20N2O3S. The Morgan fingerprint density at radius 3 is 2.29 bits per heavy atom. The standard InChI is InChI=1S/C15H20N2O3S/c1-10-7-11(2)15(12(3)8-10)21(18,19)16-6-5-14-9-20-13(4)17-14/h7-9,16H,5-6H2,1-4H3. The van der Waals surface area contributed by atoms with E-state index in [1.807, 2.05) is 32.9 Å². The van der Waals surface area contributed by atoms with Crippen LogP contribution < -0.4 is 4.72 Å². The molecule has 0 aliphatic carbocycles. The lowest BCUT2D eigenvalue weighted by atomic mass is 10.1. The topological polar surface area (TPSA) is 72.2 Å². The molecule has 1 aromatic carbocycles. The van der Waals surface area contributed by atoms with Crippen molar-refractivity contribution < 1.29 is 12.8 Å². The molecule has 2 rings (SSSR count). The number of benzene rings is 1. The van der Waals surface area contributed by atoms with Crippen molar-refractivity contribution in [3.63, 3.8) is 0 Å². The quantitative estimate of drug-likeness (QED) is 0.921. The third kappa shape index (κ3) is 3.71. The highest BCUT2D eigenvalue weighted by atomic mass is 32.2. The highest BCUT2D eigenvalue weighted by Gasteiger charge is 2.19. The van der Waals surface area contributed by atoms with Crippen molar-refractivity contribution in [1.82, 2.24) is 9.71 Å². The van der Waals surface area contributed by atoms with Crippen molar-refractivity contribution in [3.05, 3.63) is 46.7 Å². The molecule has 0 aliphatic heterocycles. The summed E-state index contributed by atoms with van der Waals surface area (Å²) in [5.41, 5.74) is 3.32. The molecule has 0 spiro atoms. The molecule has 5 nitrogen and oxygen atoms in total. The predicted molar refractivity (Wildman–Crippen MR) is 80.8 cm³/mol. The van der Waals surface area contributed by atoms with Crippen LogP contribution in [-0.4, -0.2) is 19.9 Å². The second-order valence-corrected chi connectivity index (χ2v) is 6.94. The molecule has 0 atom stereocenters. The van der Waals surface area contributed by atoms with Gasteiger partial charge in [-0.2, -0.15) is 0 Å². The van der Waals surface area contributed by atoms with Crippen LogP contribution in [0.4, 0.5) is 0 Å². The van der Waals surface area contributed by atoms with Crippen molar-refractivity contribution in [2.24, 2.45) is 0 Å². The maximum Gasteiger partial charge on any atom is 0.241 e. The molecule has 0 aliphatic rings. The number of nitrogens with zero attached hydrogens (tertiary/aromatic N) is 1. The molecule has 1 N–H and O–H groups in total. The molecule has 1 heterocycles. The normalized spacial score (nSPS) is 11.8. The smallest absolute Gasteiger partial charge is 0.241 e. The number of hydrogen-bond donors (Lipinski definition) is 1. The molecule has 21 heavy (non-hydrogen) atoms. The number of oxazole rings is 1. The molecule has 0 unspecified atom stereocenters. The second-order valence-electron chi connectivity index (χ2n) is 5.23. The number of hydrogen-bond acceptors (Lipinski definition) is 4. The van der Waals surface area contributed by atoms with Gasteiger partial charge in [0.25, 0.3) is 0 Å². The zero-order valence-electron chi connectivity index (χ0n) is 12.7. The highest BCUT2D eigenvalue weighted by molar-refractivity contribution is 7.89. The lowest BCUT2D eigenvalue weighted by Crippen LogP contribution is -2.27. The van der Waals surface area contributed by atoms with Gasteiger partial charge >= 0.3 is 0 Å². The lowest BCUT2D eigenvalue weighted by molar-refractivity contribution is 0.520. The van der Waals surface area contributed by atoms with E-state index in [4.69, 9.17) is 4.42 Å². The van der Waals surface area contributed by atoms with Crippen molar-refractivity contribution in [2.45, 2.75) is 39.0 Å².